The van der Waals surface area contributed by atoms with E-state index in [1.54, 1.807) is 0 Å². The topological polar surface area (TPSA) is 37.8 Å². The van der Waals surface area contributed by atoms with E-state index in [0.717, 1.165) is 34.1 Å². The lowest BCUT2D eigenvalue weighted by atomic mass is 9.80. The molecule has 1 aromatic heterocycles. The molecule has 1 fully saturated rings. The molecule has 0 spiro atoms. The highest BCUT2D eigenvalue weighted by molar-refractivity contribution is 14.1. The summed E-state index contributed by atoms with van der Waals surface area (Å²) in [5.74, 6) is 3.57. The molecule has 3 nitrogen and oxygen atoms in total. The third-order valence-corrected chi connectivity index (χ3v) is 4.88. The van der Waals surface area contributed by atoms with Crippen LogP contribution in [-0.4, -0.2) is 16.5 Å². The van der Waals surface area contributed by atoms with Crippen LogP contribution in [0.1, 0.15) is 64.1 Å². The lowest BCUT2D eigenvalue weighted by Crippen LogP contribution is -2.16. The summed E-state index contributed by atoms with van der Waals surface area (Å²) in [6.45, 7) is 5.46. The Hall–Kier alpha value is -0.390. The van der Waals surface area contributed by atoms with Gasteiger partial charge in [0, 0.05) is 18.7 Å². The Morgan fingerprint density at radius 2 is 2.00 bits per heavy atom. The molecular weight excluding hydrogens is 349 g/mol. The maximum absolute atomic E-state index is 4.75. The Bertz CT molecular complexity index is 400. The van der Waals surface area contributed by atoms with Gasteiger partial charge in [-0.2, -0.15) is 0 Å². The van der Waals surface area contributed by atoms with Crippen molar-refractivity contribution in [3.05, 3.63) is 15.6 Å². The zero-order chi connectivity index (χ0) is 13.7. The van der Waals surface area contributed by atoms with Crippen LogP contribution in [0.15, 0.2) is 6.20 Å². The minimum absolute atomic E-state index is 0.571. The van der Waals surface area contributed by atoms with Crippen molar-refractivity contribution in [3.8, 4) is 0 Å². The molecule has 0 aliphatic heterocycles. The van der Waals surface area contributed by atoms with E-state index in [4.69, 9.17) is 4.98 Å². The number of nitrogens with zero attached hydrogens (tertiary/aromatic N) is 2. The van der Waals surface area contributed by atoms with Crippen molar-refractivity contribution in [1.82, 2.24) is 9.97 Å². The van der Waals surface area contributed by atoms with Gasteiger partial charge in [0.15, 0.2) is 0 Å². The summed E-state index contributed by atoms with van der Waals surface area (Å²) in [4.78, 5) is 9.32. The lowest BCUT2D eigenvalue weighted by molar-refractivity contribution is 0.312. The molecule has 4 heteroatoms. The van der Waals surface area contributed by atoms with Gasteiger partial charge in [0.2, 0.25) is 0 Å². The predicted octanol–water partition coefficient (Wildman–Crippen LogP) is 4.59. The van der Waals surface area contributed by atoms with Crippen LogP contribution in [0.25, 0.3) is 0 Å². The van der Waals surface area contributed by atoms with Crippen LogP contribution in [0.3, 0.4) is 0 Å². The molecule has 106 valence electrons. The first-order valence-corrected chi connectivity index (χ1v) is 8.58. The Balaban J connectivity index is 2.04. The number of rotatable bonds is 5. The van der Waals surface area contributed by atoms with E-state index >= 15 is 0 Å². The molecule has 0 radical (unpaired) electrons. The zero-order valence-electron chi connectivity index (χ0n) is 12.0. The van der Waals surface area contributed by atoms with Gasteiger partial charge in [-0.25, -0.2) is 9.97 Å². The quantitative estimate of drug-likeness (QED) is 0.768. The third-order valence-electron chi connectivity index (χ3n) is 4.09. The number of aromatic nitrogens is 2. The fraction of sp³-hybridized carbons (Fsp3) is 0.733. The summed E-state index contributed by atoms with van der Waals surface area (Å²) >= 11 is 2.31. The van der Waals surface area contributed by atoms with Crippen LogP contribution in [0.5, 0.6) is 0 Å². The van der Waals surface area contributed by atoms with Gasteiger partial charge in [-0.15, -0.1) is 0 Å². The third kappa shape index (κ3) is 4.04. The highest BCUT2D eigenvalue weighted by atomic mass is 127. The van der Waals surface area contributed by atoms with Gasteiger partial charge in [0.1, 0.15) is 11.6 Å². The standard InChI is InChI=1S/C15H24IN3/c1-3-9-17-15-13(16)10-18-14(19-15)12-7-5-11(4-2)6-8-12/h10-12H,3-9H2,1-2H3,(H,17,18,19). The van der Waals surface area contributed by atoms with Crippen LogP contribution < -0.4 is 5.32 Å². The van der Waals surface area contributed by atoms with Gasteiger partial charge in [-0.05, 0) is 60.6 Å². The molecule has 0 saturated heterocycles. The Morgan fingerprint density at radius 3 is 2.63 bits per heavy atom. The van der Waals surface area contributed by atoms with Crippen molar-refractivity contribution in [1.29, 1.82) is 0 Å². The van der Waals surface area contributed by atoms with Gasteiger partial charge < -0.3 is 5.32 Å². The second-order valence-corrected chi connectivity index (χ2v) is 6.64. The molecular formula is C15H24IN3. The maximum Gasteiger partial charge on any atom is 0.143 e. The summed E-state index contributed by atoms with van der Waals surface area (Å²) in [5.41, 5.74) is 0. The highest BCUT2D eigenvalue weighted by Crippen LogP contribution is 2.36. The van der Waals surface area contributed by atoms with Gasteiger partial charge in [0.05, 0.1) is 3.57 Å². The van der Waals surface area contributed by atoms with E-state index in [1.807, 2.05) is 6.20 Å². The fourth-order valence-electron chi connectivity index (χ4n) is 2.77. The SMILES string of the molecule is CCCNc1nc(C2CCC(CC)CC2)ncc1I. The van der Waals surface area contributed by atoms with Gasteiger partial charge in [0.25, 0.3) is 0 Å². The van der Waals surface area contributed by atoms with Crippen LogP contribution in [-0.2, 0) is 0 Å². The number of hydrogen-bond acceptors (Lipinski definition) is 3. The smallest absolute Gasteiger partial charge is 0.143 e. The van der Waals surface area contributed by atoms with Crippen molar-refractivity contribution >= 4 is 28.4 Å². The van der Waals surface area contributed by atoms with Gasteiger partial charge >= 0.3 is 0 Å². The summed E-state index contributed by atoms with van der Waals surface area (Å²) in [6, 6.07) is 0. The van der Waals surface area contributed by atoms with Crippen molar-refractivity contribution in [2.24, 2.45) is 5.92 Å². The molecule has 1 aliphatic rings. The average molecular weight is 373 g/mol. The van der Waals surface area contributed by atoms with E-state index < -0.39 is 0 Å². The van der Waals surface area contributed by atoms with Crippen molar-refractivity contribution in [2.45, 2.75) is 58.3 Å². The normalized spacial score (nSPS) is 23.3. The molecule has 19 heavy (non-hydrogen) atoms. The van der Waals surface area contributed by atoms with Crippen LogP contribution in [0, 0.1) is 9.49 Å². The predicted molar refractivity (Wildman–Crippen MR) is 88.5 cm³/mol. The first-order chi connectivity index (χ1) is 9.24. The van der Waals surface area contributed by atoms with Crippen LogP contribution in [0.2, 0.25) is 0 Å². The number of anilines is 1. The molecule has 0 bridgehead atoms. The van der Waals surface area contributed by atoms with Gasteiger partial charge in [-0.1, -0.05) is 20.3 Å². The monoisotopic (exact) mass is 373 g/mol. The van der Waals surface area contributed by atoms with E-state index in [2.05, 4.69) is 46.7 Å². The lowest BCUT2D eigenvalue weighted by Gasteiger charge is -2.27. The second kappa shape index (κ2) is 7.41. The average Bonchev–Trinajstić information content (AvgIpc) is 2.46. The second-order valence-electron chi connectivity index (χ2n) is 5.48. The zero-order valence-corrected chi connectivity index (χ0v) is 14.1. The first kappa shape index (κ1) is 15.0. The molecule has 0 aromatic carbocycles. The van der Waals surface area contributed by atoms with E-state index in [1.165, 1.54) is 32.1 Å². The Labute approximate surface area is 130 Å². The number of nitrogens with one attached hydrogen (secondary N) is 1. The molecule has 1 heterocycles. The molecule has 0 amide bonds. The molecule has 2 rings (SSSR count). The maximum atomic E-state index is 4.75. The minimum Gasteiger partial charge on any atom is -0.369 e. The van der Waals surface area contributed by atoms with Crippen molar-refractivity contribution in [2.75, 3.05) is 11.9 Å². The minimum atomic E-state index is 0.571. The van der Waals surface area contributed by atoms with Gasteiger partial charge in [-0.3, -0.25) is 0 Å². The molecule has 1 saturated carbocycles. The number of halogens is 1. The first-order valence-electron chi connectivity index (χ1n) is 7.50. The molecule has 0 atom stereocenters. The Morgan fingerprint density at radius 1 is 1.26 bits per heavy atom. The summed E-state index contributed by atoms with van der Waals surface area (Å²) in [5, 5.41) is 3.40. The summed E-state index contributed by atoms with van der Waals surface area (Å²) in [6.07, 6.45) is 9.61. The fourth-order valence-corrected chi connectivity index (χ4v) is 3.22. The van der Waals surface area contributed by atoms with Crippen LogP contribution in [0.4, 0.5) is 5.82 Å². The number of hydrogen-bond donors (Lipinski definition) is 1. The van der Waals surface area contributed by atoms with E-state index in [-0.39, 0.29) is 0 Å². The molecule has 1 N–H and O–H groups in total. The molecule has 0 unspecified atom stereocenters. The molecule has 1 aromatic rings. The van der Waals surface area contributed by atoms with Crippen LogP contribution >= 0.6 is 22.6 Å². The van der Waals surface area contributed by atoms with E-state index in [0.29, 0.717) is 5.92 Å². The molecule has 1 aliphatic carbocycles. The Kier molecular flexibility index (Phi) is 5.85. The van der Waals surface area contributed by atoms with Crippen molar-refractivity contribution < 1.29 is 0 Å². The van der Waals surface area contributed by atoms with E-state index in [9.17, 15) is 0 Å². The summed E-state index contributed by atoms with van der Waals surface area (Å²) < 4.78 is 1.12. The largest absolute Gasteiger partial charge is 0.369 e. The summed E-state index contributed by atoms with van der Waals surface area (Å²) in [7, 11) is 0. The van der Waals surface area contributed by atoms with Crippen molar-refractivity contribution in [3.63, 3.8) is 0 Å². The highest BCUT2D eigenvalue weighted by Gasteiger charge is 2.23.